The number of unbranched alkanes of at least 4 members (excludes halogenated alkanes) is 1. The minimum atomic E-state index is -5.87. The van der Waals surface area contributed by atoms with E-state index < -0.39 is 33.5 Å². The topological polar surface area (TPSA) is 116 Å². The van der Waals surface area contributed by atoms with E-state index in [-0.39, 0.29) is 23.9 Å². The Bertz CT molecular complexity index is 814. The Hall–Kier alpha value is -1.33. The highest BCUT2D eigenvalue weighted by molar-refractivity contribution is 7.87. The van der Waals surface area contributed by atoms with E-state index >= 15 is 0 Å². The summed E-state index contributed by atoms with van der Waals surface area (Å²) >= 11 is 0. The molecule has 0 aromatic heterocycles. The minimum absolute atomic E-state index is 0.143. The zero-order valence-corrected chi connectivity index (χ0v) is 19.3. The molecule has 3 unspecified atom stereocenters. The lowest BCUT2D eigenvalue weighted by molar-refractivity contribution is -0.236. The Kier molecular flexibility index (Phi) is 7.22. The van der Waals surface area contributed by atoms with Gasteiger partial charge in [-0.05, 0) is 63.2 Å². The van der Waals surface area contributed by atoms with Crippen molar-refractivity contribution in [3.63, 3.8) is 0 Å². The first-order valence-electron chi connectivity index (χ1n) is 11.2. The zero-order chi connectivity index (χ0) is 23.8. The highest BCUT2D eigenvalue weighted by Gasteiger charge is 2.60. The van der Waals surface area contributed by atoms with Gasteiger partial charge in [-0.3, -0.25) is 9.35 Å². The number of hydrogen-bond acceptors (Lipinski definition) is 7. The fraction of sp³-hybridized carbons (Fsp3) is 0.905. The maximum absolute atomic E-state index is 13.1. The van der Waals surface area contributed by atoms with Crippen LogP contribution in [0.25, 0.3) is 0 Å². The van der Waals surface area contributed by atoms with Crippen molar-refractivity contribution in [2.45, 2.75) is 88.1 Å². The Labute approximate surface area is 187 Å². The van der Waals surface area contributed by atoms with Crippen LogP contribution >= 0.6 is 0 Å². The third-order valence-electron chi connectivity index (χ3n) is 7.03. The van der Waals surface area contributed by atoms with Gasteiger partial charge in [0.2, 0.25) is 0 Å². The van der Waals surface area contributed by atoms with E-state index in [9.17, 15) is 26.8 Å². The van der Waals surface area contributed by atoms with Gasteiger partial charge in [-0.15, -0.1) is 0 Å². The maximum Gasteiger partial charge on any atom is 0.465 e. The molecule has 4 rings (SSSR count). The van der Waals surface area contributed by atoms with E-state index in [0.717, 1.165) is 38.5 Å². The Balaban J connectivity index is 1.47. The molecule has 11 heteroatoms. The molecule has 4 aliphatic carbocycles. The van der Waals surface area contributed by atoms with Gasteiger partial charge >= 0.3 is 27.3 Å². The monoisotopic (exact) mass is 482 g/mol. The maximum atomic E-state index is 13.1. The van der Waals surface area contributed by atoms with Gasteiger partial charge in [0.05, 0.1) is 18.1 Å². The van der Waals surface area contributed by atoms with Crippen LogP contribution in [0, 0.1) is 17.8 Å². The van der Waals surface area contributed by atoms with Gasteiger partial charge in [-0.2, -0.15) is 17.2 Å². The third kappa shape index (κ3) is 5.25. The molecule has 0 saturated heterocycles. The lowest BCUT2D eigenvalue weighted by Gasteiger charge is -2.60. The second-order valence-corrected chi connectivity index (χ2v) is 11.2. The fourth-order valence-electron chi connectivity index (χ4n) is 5.71. The fourth-order valence-corrected chi connectivity index (χ4v) is 5.98. The van der Waals surface area contributed by atoms with E-state index in [1.165, 1.54) is 0 Å². The smallest absolute Gasteiger partial charge is 0.460 e. The van der Waals surface area contributed by atoms with E-state index in [0.29, 0.717) is 31.3 Å². The van der Waals surface area contributed by atoms with Gasteiger partial charge in [0.15, 0.2) is 0 Å². The lowest BCUT2D eigenvalue weighted by Crippen LogP contribution is -2.61. The normalized spacial score (nSPS) is 32.5. The largest absolute Gasteiger partial charge is 0.465 e. The molecule has 8 nitrogen and oxygen atoms in total. The van der Waals surface area contributed by atoms with Crippen LogP contribution in [0.5, 0.6) is 0 Å². The molecule has 1 N–H and O–H groups in total. The molecule has 4 saturated carbocycles. The van der Waals surface area contributed by atoms with E-state index in [2.05, 4.69) is 4.74 Å². The molecule has 4 bridgehead atoms. The second kappa shape index (κ2) is 9.13. The predicted octanol–water partition coefficient (Wildman–Crippen LogP) is 3.49. The second-order valence-electron chi connectivity index (χ2n) is 9.74. The minimum Gasteiger partial charge on any atom is -0.460 e. The molecule has 0 aliphatic heterocycles. The molecular weight excluding hydrogens is 450 g/mol. The van der Waals surface area contributed by atoms with Crippen LogP contribution in [0.1, 0.15) is 71.6 Å². The molecule has 0 heterocycles. The van der Waals surface area contributed by atoms with Crippen LogP contribution in [0.15, 0.2) is 0 Å². The first kappa shape index (κ1) is 25.3. The molecule has 3 atom stereocenters. The molecule has 32 heavy (non-hydrogen) atoms. The number of carbonyl (C=O) groups is 2. The molecule has 0 amide bonds. The number of hydrogen-bond donors (Lipinski definition) is 1. The van der Waals surface area contributed by atoms with E-state index in [1.54, 1.807) is 0 Å². The van der Waals surface area contributed by atoms with Crippen molar-refractivity contribution in [2.75, 3.05) is 13.2 Å². The van der Waals surface area contributed by atoms with Gasteiger partial charge in [0.1, 0.15) is 5.60 Å². The number of alkyl halides is 2. The summed E-state index contributed by atoms with van der Waals surface area (Å²) in [6.45, 7) is 3.73. The quantitative estimate of drug-likeness (QED) is 0.270. The van der Waals surface area contributed by atoms with Crippen molar-refractivity contribution in [1.29, 1.82) is 0 Å². The van der Waals surface area contributed by atoms with Gasteiger partial charge in [0.25, 0.3) is 0 Å². The molecule has 0 aromatic rings. The van der Waals surface area contributed by atoms with Crippen LogP contribution < -0.4 is 0 Å². The first-order chi connectivity index (χ1) is 14.8. The molecule has 0 aromatic carbocycles. The average molecular weight is 483 g/mol. The predicted molar refractivity (Wildman–Crippen MR) is 108 cm³/mol. The number of rotatable bonds is 11. The van der Waals surface area contributed by atoms with Gasteiger partial charge in [-0.25, -0.2) is 4.79 Å². The van der Waals surface area contributed by atoms with Crippen LogP contribution in [0.4, 0.5) is 8.78 Å². The highest BCUT2D eigenvalue weighted by Crippen LogP contribution is 2.60. The first-order valence-corrected chi connectivity index (χ1v) is 12.6. The zero-order valence-electron chi connectivity index (χ0n) is 18.5. The van der Waals surface area contributed by atoms with Crippen molar-refractivity contribution in [3.8, 4) is 0 Å². The number of ether oxygens (including phenoxy) is 3. The number of carbonyl (C=O) groups excluding carboxylic acids is 2. The molecule has 4 aliphatic rings. The standard InChI is InChI=1S/C21H32F2O8S/c1-3-14(2)17(24)31-20-11-15-8-16(12-20)10-19(9-15,13-20)30-7-5-4-6-29-18(25)21(22,23)32(26,27)28/h14-16H,3-13H2,1-2H3,(H,26,27,28). The summed E-state index contributed by atoms with van der Waals surface area (Å²) in [7, 11) is -5.87. The summed E-state index contributed by atoms with van der Waals surface area (Å²) in [5.41, 5.74) is -0.837. The van der Waals surface area contributed by atoms with E-state index in [1.807, 2.05) is 13.8 Å². The van der Waals surface area contributed by atoms with Crippen molar-refractivity contribution in [3.05, 3.63) is 0 Å². The molecule has 184 valence electrons. The lowest BCUT2D eigenvalue weighted by atomic mass is 9.52. The molecule has 0 radical (unpaired) electrons. The molecular formula is C21H32F2O8S. The number of esters is 2. The summed E-state index contributed by atoms with van der Waals surface area (Å²) in [5.74, 6) is -1.70. The summed E-state index contributed by atoms with van der Waals surface area (Å²) in [5, 5.41) is -4.98. The van der Waals surface area contributed by atoms with Crippen LogP contribution in [0.3, 0.4) is 0 Å². The van der Waals surface area contributed by atoms with Gasteiger partial charge < -0.3 is 14.2 Å². The van der Waals surface area contributed by atoms with E-state index in [4.69, 9.17) is 14.0 Å². The Morgan fingerprint density at radius 3 is 2.22 bits per heavy atom. The summed E-state index contributed by atoms with van der Waals surface area (Å²) in [6, 6.07) is 0. The Morgan fingerprint density at radius 2 is 1.66 bits per heavy atom. The van der Waals surface area contributed by atoms with Gasteiger partial charge in [0, 0.05) is 13.0 Å². The third-order valence-corrected chi connectivity index (χ3v) is 7.84. The highest BCUT2D eigenvalue weighted by atomic mass is 32.2. The van der Waals surface area contributed by atoms with Crippen LogP contribution in [0.2, 0.25) is 0 Å². The summed E-state index contributed by atoms with van der Waals surface area (Å²) < 4.78 is 72.3. The van der Waals surface area contributed by atoms with Crippen LogP contribution in [-0.2, 0) is 33.9 Å². The van der Waals surface area contributed by atoms with Crippen LogP contribution in [-0.4, -0.2) is 54.6 Å². The van der Waals surface area contributed by atoms with Gasteiger partial charge in [-0.1, -0.05) is 13.8 Å². The molecule has 4 fully saturated rings. The Morgan fingerprint density at radius 1 is 1.09 bits per heavy atom. The van der Waals surface area contributed by atoms with Crippen molar-refractivity contribution in [1.82, 2.24) is 0 Å². The van der Waals surface area contributed by atoms with Crippen molar-refractivity contribution >= 4 is 22.1 Å². The van der Waals surface area contributed by atoms with Crippen molar-refractivity contribution in [2.24, 2.45) is 17.8 Å². The van der Waals surface area contributed by atoms with Crippen molar-refractivity contribution < 1.29 is 45.6 Å². The SMILES string of the molecule is CCC(C)C(=O)OC12CC3CC(CC(OCCCCOC(=O)C(F)(F)S(=O)(=O)O)(C3)C1)C2. The summed E-state index contributed by atoms with van der Waals surface area (Å²) in [4.78, 5) is 23.7. The molecule has 0 spiro atoms. The summed E-state index contributed by atoms with van der Waals surface area (Å²) in [6.07, 6.45) is 6.67. The number of halogens is 2. The average Bonchev–Trinajstić information content (AvgIpc) is 2.67.